The van der Waals surface area contributed by atoms with Gasteiger partial charge in [-0.15, -0.1) is 0 Å². The first kappa shape index (κ1) is 27.3. The summed E-state index contributed by atoms with van der Waals surface area (Å²) < 4.78 is 16.8. The predicted octanol–water partition coefficient (Wildman–Crippen LogP) is 3.55. The van der Waals surface area contributed by atoms with Gasteiger partial charge >= 0.3 is 12.0 Å². The number of primary amides is 1. The van der Waals surface area contributed by atoms with Gasteiger partial charge in [-0.3, -0.25) is 19.8 Å². The van der Waals surface area contributed by atoms with Crippen LogP contribution in [0.3, 0.4) is 0 Å². The summed E-state index contributed by atoms with van der Waals surface area (Å²) in [6.45, 7) is 4.25. The normalized spacial score (nSPS) is 16.4. The number of Topliss-reactive ketones (excluding diaryl/α,β-unsaturated/α-hetero) is 2. The molecule has 2 amide bonds. The van der Waals surface area contributed by atoms with E-state index in [1.807, 2.05) is 48.5 Å². The molecule has 39 heavy (non-hydrogen) atoms. The van der Waals surface area contributed by atoms with Gasteiger partial charge in [-0.25, -0.2) is 10.6 Å². The van der Waals surface area contributed by atoms with Crippen molar-refractivity contribution in [1.82, 2.24) is 5.43 Å². The first-order valence-corrected chi connectivity index (χ1v) is 12.3. The van der Waals surface area contributed by atoms with Crippen LogP contribution in [0.4, 0.5) is 4.79 Å². The summed E-state index contributed by atoms with van der Waals surface area (Å²) >= 11 is 0. The van der Waals surface area contributed by atoms with Crippen molar-refractivity contribution in [1.29, 1.82) is 0 Å². The topological polar surface area (TPSA) is 160 Å². The highest BCUT2D eigenvalue weighted by Gasteiger charge is 2.33. The summed E-state index contributed by atoms with van der Waals surface area (Å²) in [4.78, 5) is 45.8. The molecule has 0 unspecified atom stereocenters. The molecule has 0 atom stereocenters. The molecule has 3 aromatic rings. The molecule has 1 saturated carbocycles. The number of nitrogens with one attached hydrogen (secondary N) is 1. The van der Waals surface area contributed by atoms with Crippen LogP contribution in [0, 0.1) is 0 Å². The molecule has 0 heterocycles. The van der Waals surface area contributed by atoms with Crippen molar-refractivity contribution in [3.8, 4) is 17.2 Å². The molecule has 4 rings (SSSR count). The number of rotatable bonds is 10. The maximum absolute atomic E-state index is 12.1. The fourth-order valence-electron chi connectivity index (χ4n) is 4.23. The molecule has 1 aliphatic carbocycles. The van der Waals surface area contributed by atoms with Crippen molar-refractivity contribution < 1.29 is 33.4 Å². The van der Waals surface area contributed by atoms with Crippen LogP contribution in [0.2, 0.25) is 0 Å². The number of hydrogen-bond donors (Lipinski definition) is 3. The van der Waals surface area contributed by atoms with Crippen LogP contribution in [0.1, 0.15) is 48.2 Å². The van der Waals surface area contributed by atoms with Gasteiger partial charge < -0.3 is 19.9 Å². The molecule has 10 heteroatoms. The van der Waals surface area contributed by atoms with Gasteiger partial charge in [-0.2, -0.15) is 0 Å². The Bertz CT molecular complexity index is 1360. The minimum Gasteiger partial charge on any atom is -0.490 e. The number of ether oxygens (including phenoxy) is 3. The Labute approximate surface area is 225 Å². The first-order valence-electron chi connectivity index (χ1n) is 12.3. The minimum atomic E-state index is -1.24. The van der Waals surface area contributed by atoms with Gasteiger partial charge in [0.15, 0.2) is 0 Å². The second kappa shape index (κ2) is 11.4. The molecule has 0 aromatic heterocycles. The van der Waals surface area contributed by atoms with E-state index in [-0.39, 0.29) is 23.2 Å². The third-order valence-corrected chi connectivity index (χ3v) is 6.68. The summed E-state index contributed by atoms with van der Waals surface area (Å²) in [5.74, 6) is 3.34. The Morgan fingerprint density at radius 1 is 0.769 bits per heavy atom. The summed E-state index contributed by atoms with van der Waals surface area (Å²) in [6, 6.07) is 21.5. The second-order valence-corrected chi connectivity index (χ2v) is 9.70. The average molecular weight is 532 g/mol. The summed E-state index contributed by atoms with van der Waals surface area (Å²) in [7, 11) is 0. The number of ketones is 2. The molecule has 0 radical (unpaired) electrons. The number of benzene rings is 3. The standard InChI is InChI=1S/C29H29N3O7/c1-29(2,19-7-13-22(14-8-19)38-23-15-24(16-23)39-28(30)36)18-5-11-21(12-6-18)37-20-9-3-17(4-10-20)25(33)26(34)27(35)32-31/h3-14,23-24H,15-16,31H2,1-2H3,(H2,30,36)(H,32,35)/t23-,24-. The van der Waals surface area contributed by atoms with Gasteiger partial charge in [0.2, 0.25) is 5.78 Å². The predicted molar refractivity (Wildman–Crippen MR) is 141 cm³/mol. The highest BCUT2D eigenvalue weighted by molar-refractivity contribution is 6.66. The lowest BCUT2D eigenvalue weighted by atomic mass is 9.78. The third kappa shape index (κ3) is 6.42. The Kier molecular flexibility index (Phi) is 7.96. The van der Waals surface area contributed by atoms with E-state index >= 15 is 0 Å². The van der Waals surface area contributed by atoms with Gasteiger partial charge in [0.05, 0.1) is 0 Å². The van der Waals surface area contributed by atoms with Crippen molar-refractivity contribution in [2.45, 2.75) is 44.3 Å². The van der Waals surface area contributed by atoms with Crippen LogP contribution in [-0.2, 0) is 19.7 Å². The number of nitrogens with two attached hydrogens (primary N) is 2. The van der Waals surface area contributed by atoms with E-state index in [1.165, 1.54) is 24.3 Å². The monoisotopic (exact) mass is 531 g/mol. The van der Waals surface area contributed by atoms with E-state index in [9.17, 15) is 19.2 Å². The number of hydrogen-bond acceptors (Lipinski definition) is 8. The van der Waals surface area contributed by atoms with Gasteiger partial charge in [-0.05, 0) is 59.7 Å². The van der Waals surface area contributed by atoms with Gasteiger partial charge in [-0.1, -0.05) is 38.1 Å². The number of carbonyl (C=O) groups excluding carboxylic acids is 4. The Morgan fingerprint density at radius 2 is 1.26 bits per heavy atom. The minimum absolute atomic E-state index is 0.00222. The SMILES string of the molecule is CC(C)(c1ccc(Oc2ccc(C(=O)C(=O)C(=O)NN)cc2)cc1)c1ccc(O[C@H]2C[C@H](OC(N)=O)C2)cc1. The van der Waals surface area contributed by atoms with Gasteiger partial charge in [0.1, 0.15) is 29.5 Å². The number of hydrazine groups is 1. The molecule has 10 nitrogen and oxygen atoms in total. The Morgan fingerprint density at radius 3 is 1.74 bits per heavy atom. The van der Waals surface area contributed by atoms with E-state index < -0.39 is 23.6 Å². The Balaban J connectivity index is 1.35. The molecule has 0 spiro atoms. The fourth-order valence-corrected chi connectivity index (χ4v) is 4.23. The van der Waals surface area contributed by atoms with Crippen molar-refractivity contribution in [2.75, 3.05) is 0 Å². The van der Waals surface area contributed by atoms with Gasteiger partial charge in [0, 0.05) is 23.8 Å². The molecule has 1 aliphatic rings. The summed E-state index contributed by atoms with van der Waals surface area (Å²) in [5.41, 5.74) is 8.63. The molecular weight excluding hydrogens is 502 g/mol. The third-order valence-electron chi connectivity index (χ3n) is 6.68. The second-order valence-electron chi connectivity index (χ2n) is 9.70. The van der Waals surface area contributed by atoms with Gasteiger partial charge in [0.25, 0.3) is 5.78 Å². The van der Waals surface area contributed by atoms with E-state index in [2.05, 4.69) is 13.8 Å². The van der Waals surface area contributed by atoms with Crippen molar-refractivity contribution in [3.63, 3.8) is 0 Å². The molecule has 202 valence electrons. The Hall–Kier alpha value is -4.70. The lowest BCUT2D eigenvalue weighted by Crippen LogP contribution is -2.41. The summed E-state index contributed by atoms with van der Waals surface area (Å²) in [5, 5.41) is 0. The van der Waals surface area contributed by atoms with Crippen LogP contribution < -0.4 is 26.5 Å². The smallest absolute Gasteiger partial charge is 0.404 e. The average Bonchev–Trinajstić information content (AvgIpc) is 2.91. The zero-order chi connectivity index (χ0) is 28.2. The van der Waals surface area contributed by atoms with E-state index in [0.717, 1.165) is 16.9 Å². The molecule has 1 fully saturated rings. The first-order chi connectivity index (χ1) is 18.6. The van der Waals surface area contributed by atoms with E-state index in [1.54, 1.807) is 5.43 Å². The van der Waals surface area contributed by atoms with Crippen molar-refractivity contribution in [2.24, 2.45) is 11.6 Å². The van der Waals surface area contributed by atoms with Crippen LogP contribution in [0.5, 0.6) is 17.2 Å². The van der Waals surface area contributed by atoms with E-state index in [4.69, 9.17) is 25.8 Å². The largest absolute Gasteiger partial charge is 0.490 e. The van der Waals surface area contributed by atoms with Crippen molar-refractivity contribution >= 4 is 23.6 Å². The lowest BCUT2D eigenvalue weighted by Gasteiger charge is -2.34. The molecular formula is C29H29N3O7. The molecule has 0 aliphatic heterocycles. The number of carbonyl (C=O) groups is 4. The molecule has 3 aromatic carbocycles. The van der Waals surface area contributed by atoms with Crippen LogP contribution >= 0.6 is 0 Å². The highest BCUT2D eigenvalue weighted by Crippen LogP contribution is 2.35. The maximum Gasteiger partial charge on any atom is 0.404 e. The van der Waals surface area contributed by atoms with Crippen LogP contribution in [0.15, 0.2) is 72.8 Å². The maximum atomic E-state index is 12.1. The summed E-state index contributed by atoms with van der Waals surface area (Å²) in [6.07, 6.45) is 0.308. The quantitative estimate of drug-likeness (QED) is 0.0894. The number of amides is 2. The molecule has 0 bridgehead atoms. The van der Waals surface area contributed by atoms with Crippen LogP contribution in [0.25, 0.3) is 0 Å². The van der Waals surface area contributed by atoms with E-state index in [0.29, 0.717) is 24.3 Å². The van der Waals surface area contributed by atoms with Crippen molar-refractivity contribution in [3.05, 3.63) is 89.5 Å². The fraction of sp³-hybridized carbons (Fsp3) is 0.241. The zero-order valence-electron chi connectivity index (χ0n) is 21.5. The highest BCUT2D eigenvalue weighted by atomic mass is 16.6. The molecule has 5 N–H and O–H groups in total. The van der Waals surface area contributed by atoms with Crippen LogP contribution in [-0.4, -0.2) is 35.8 Å². The zero-order valence-corrected chi connectivity index (χ0v) is 21.5. The molecule has 0 saturated heterocycles. The lowest BCUT2D eigenvalue weighted by molar-refractivity contribution is -0.135.